The molecule has 2 heterocycles. The van der Waals surface area contributed by atoms with Crippen molar-refractivity contribution in [2.24, 2.45) is 0 Å². The number of benzene rings is 1. The van der Waals surface area contributed by atoms with E-state index in [-0.39, 0.29) is 6.04 Å². The van der Waals surface area contributed by atoms with Crippen molar-refractivity contribution in [3.05, 3.63) is 46.6 Å². The number of rotatable bonds is 2. The molecule has 0 saturated carbocycles. The highest BCUT2D eigenvalue weighted by molar-refractivity contribution is 7.10. The maximum Gasteiger partial charge on any atom is 0.162 e. The molecule has 108 valence electrons. The summed E-state index contributed by atoms with van der Waals surface area (Å²) in [6.07, 6.45) is 0. The van der Waals surface area contributed by atoms with Crippen LogP contribution in [0, 0.1) is 11.3 Å². The third-order valence-electron chi connectivity index (χ3n) is 3.77. The first-order valence-corrected chi connectivity index (χ1v) is 7.91. The second-order valence-electron chi connectivity index (χ2n) is 5.15. The van der Waals surface area contributed by atoms with Crippen LogP contribution in [-0.4, -0.2) is 36.0 Å². The lowest BCUT2D eigenvalue weighted by Gasteiger charge is -2.41. The summed E-state index contributed by atoms with van der Waals surface area (Å²) >= 11 is 7.34. The van der Waals surface area contributed by atoms with E-state index in [1.807, 2.05) is 18.2 Å². The summed E-state index contributed by atoms with van der Waals surface area (Å²) in [5.41, 5.74) is 1.74. The van der Waals surface area contributed by atoms with E-state index in [1.165, 1.54) is 17.1 Å². The minimum absolute atomic E-state index is 0.216. The molecule has 1 saturated heterocycles. The third-order valence-corrected chi connectivity index (χ3v) is 5.03. The number of hydrogen-bond donors (Lipinski definition) is 0. The predicted molar refractivity (Wildman–Crippen MR) is 85.9 cm³/mol. The van der Waals surface area contributed by atoms with Crippen molar-refractivity contribution >= 4 is 28.1 Å². The Morgan fingerprint density at radius 3 is 2.81 bits per heavy atom. The second kappa shape index (κ2) is 6.02. The first-order chi connectivity index (χ1) is 10.2. The summed E-state index contributed by atoms with van der Waals surface area (Å²) in [5, 5.41) is 10.5. The van der Waals surface area contributed by atoms with Crippen LogP contribution in [0.15, 0.2) is 30.3 Å². The Balaban J connectivity index is 2.00. The van der Waals surface area contributed by atoms with Gasteiger partial charge in [-0.2, -0.15) is 9.64 Å². The highest BCUT2D eigenvalue weighted by Gasteiger charge is 2.30. The molecule has 1 aliphatic rings. The molecule has 0 amide bonds. The summed E-state index contributed by atoms with van der Waals surface area (Å²) < 4.78 is 4.14. The number of hydrogen-bond acceptors (Lipinski definition) is 5. The topological polar surface area (TPSA) is 43.2 Å². The summed E-state index contributed by atoms with van der Waals surface area (Å²) in [6, 6.07) is 12.8. The van der Waals surface area contributed by atoms with E-state index in [0.717, 1.165) is 24.6 Å². The molecule has 0 aliphatic carbocycles. The zero-order chi connectivity index (χ0) is 14.8. The number of nitrogens with zero attached hydrogens (tertiary/aromatic N) is 4. The van der Waals surface area contributed by atoms with E-state index in [2.05, 4.69) is 39.4 Å². The molecule has 1 aromatic carbocycles. The molecule has 0 bridgehead atoms. The van der Waals surface area contributed by atoms with Crippen molar-refractivity contribution < 1.29 is 0 Å². The lowest BCUT2D eigenvalue weighted by Crippen LogP contribution is -2.46. The zero-order valence-corrected chi connectivity index (χ0v) is 13.2. The smallest absolute Gasteiger partial charge is 0.162 e. The number of anilines is 1. The van der Waals surface area contributed by atoms with Gasteiger partial charge in [0.1, 0.15) is 16.6 Å². The van der Waals surface area contributed by atoms with Gasteiger partial charge < -0.3 is 9.80 Å². The number of nitriles is 1. The number of aromatic nitrogens is 1. The maximum atomic E-state index is 9.32. The normalized spacial score (nSPS) is 19.5. The van der Waals surface area contributed by atoms with Crippen LogP contribution >= 0.6 is 23.1 Å². The molecule has 6 heteroatoms. The van der Waals surface area contributed by atoms with Crippen molar-refractivity contribution in [1.82, 2.24) is 9.27 Å². The van der Waals surface area contributed by atoms with Gasteiger partial charge in [0.15, 0.2) is 5.15 Å². The molecule has 0 spiro atoms. The van der Waals surface area contributed by atoms with Crippen LogP contribution in [0.4, 0.5) is 5.00 Å². The Kier molecular flexibility index (Phi) is 4.11. The van der Waals surface area contributed by atoms with Crippen LogP contribution in [-0.2, 0) is 0 Å². The van der Waals surface area contributed by atoms with Crippen LogP contribution in [0.5, 0.6) is 0 Å². The zero-order valence-electron chi connectivity index (χ0n) is 11.7. The van der Waals surface area contributed by atoms with Gasteiger partial charge in [-0.1, -0.05) is 41.9 Å². The lowest BCUT2D eigenvalue weighted by atomic mass is 10.0. The maximum absolute atomic E-state index is 9.32. The fraction of sp³-hybridized carbons (Fsp3) is 0.333. The van der Waals surface area contributed by atoms with E-state index in [0.29, 0.717) is 10.7 Å². The standard InChI is InChI=1S/C15H15ClN4S/c1-19-7-8-20(15-12(9-17)14(16)18-21-15)13(10-19)11-5-3-2-4-6-11/h2-6,13H,7-8,10H2,1H3. The average Bonchev–Trinajstić information content (AvgIpc) is 2.89. The van der Waals surface area contributed by atoms with Gasteiger partial charge in [-0.25, -0.2) is 0 Å². The first kappa shape index (κ1) is 14.3. The largest absolute Gasteiger partial charge is 0.351 e. The van der Waals surface area contributed by atoms with Gasteiger partial charge in [0.2, 0.25) is 0 Å². The molecule has 0 radical (unpaired) electrons. The third kappa shape index (κ3) is 2.75. The van der Waals surface area contributed by atoms with Crippen molar-refractivity contribution in [2.75, 3.05) is 31.6 Å². The van der Waals surface area contributed by atoms with Crippen molar-refractivity contribution in [1.29, 1.82) is 5.26 Å². The summed E-state index contributed by atoms with van der Waals surface area (Å²) in [5.74, 6) is 0. The molecule has 1 atom stereocenters. The Labute approximate surface area is 133 Å². The molecule has 4 nitrogen and oxygen atoms in total. The molecule has 21 heavy (non-hydrogen) atoms. The fourth-order valence-corrected chi connectivity index (χ4v) is 3.78. The Hall–Kier alpha value is -1.61. The van der Waals surface area contributed by atoms with Crippen molar-refractivity contribution in [3.8, 4) is 6.07 Å². The van der Waals surface area contributed by atoms with Crippen LogP contribution in [0.25, 0.3) is 0 Å². The summed E-state index contributed by atoms with van der Waals surface area (Å²) in [7, 11) is 2.12. The van der Waals surface area contributed by atoms with Crippen LogP contribution in [0.3, 0.4) is 0 Å². The quantitative estimate of drug-likeness (QED) is 0.853. The minimum atomic E-state index is 0.216. The highest BCUT2D eigenvalue weighted by atomic mass is 35.5. The Morgan fingerprint density at radius 1 is 1.33 bits per heavy atom. The molecule has 2 aromatic rings. The average molecular weight is 319 g/mol. The van der Waals surface area contributed by atoms with E-state index in [1.54, 1.807) is 0 Å². The molecular weight excluding hydrogens is 304 g/mol. The SMILES string of the molecule is CN1CCN(c2snc(Cl)c2C#N)C(c2ccccc2)C1. The summed E-state index contributed by atoms with van der Waals surface area (Å²) in [6.45, 7) is 2.75. The van der Waals surface area contributed by atoms with Crippen LogP contribution < -0.4 is 4.90 Å². The van der Waals surface area contributed by atoms with Crippen LogP contribution in [0.2, 0.25) is 5.15 Å². The molecule has 1 aromatic heterocycles. The minimum Gasteiger partial charge on any atom is -0.351 e. The lowest BCUT2D eigenvalue weighted by molar-refractivity contribution is 0.270. The van der Waals surface area contributed by atoms with Gasteiger partial charge in [0.25, 0.3) is 0 Å². The molecule has 1 fully saturated rings. The monoisotopic (exact) mass is 318 g/mol. The highest BCUT2D eigenvalue weighted by Crippen LogP contribution is 2.37. The number of piperazine rings is 1. The second-order valence-corrected chi connectivity index (χ2v) is 6.26. The van der Waals surface area contributed by atoms with Gasteiger partial charge in [-0.15, -0.1) is 0 Å². The summed E-state index contributed by atoms with van der Waals surface area (Å²) in [4.78, 5) is 4.57. The van der Waals surface area contributed by atoms with Gasteiger partial charge >= 0.3 is 0 Å². The fourth-order valence-electron chi connectivity index (χ4n) is 2.68. The van der Waals surface area contributed by atoms with E-state index < -0.39 is 0 Å². The van der Waals surface area contributed by atoms with Crippen molar-refractivity contribution in [2.45, 2.75) is 6.04 Å². The van der Waals surface area contributed by atoms with Gasteiger partial charge in [0.05, 0.1) is 6.04 Å². The molecule has 1 unspecified atom stereocenters. The van der Waals surface area contributed by atoms with Crippen LogP contribution in [0.1, 0.15) is 17.2 Å². The Morgan fingerprint density at radius 2 is 2.10 bits per heavy atom. The van der Waals surface area contributed by atoms with E-state index >= 15 is 0 Å². The van der Waals surface area contributed by atoms with Gasteiger partial charge in [-0.05, 0) is 24.1 Å². The van der Waals surface area contributed by atoms with E-state index in [4.69, 9.17) is 11.6 Å². The predicted octanol–water partition coefficient (Wildman–Crippen LogP) is 3.16. The number of halogens is 1. The Bertz CT molecular complexity index is 664. The number of likely N-dealkylation sites (N-methyl/N-ethyl adjacent to an activating group) is 1. The first-order valence-electron chi connectivity index (χ1n) is 6.76. The molecule has 1 aliphatic heterocycles. The molecule has 0 N–H and O–H groups in total. The van der Waals surface area contributed by atoms with Gasteiger partial charge in [-0.3, -0.25) is 0 Å². The molecule has 3 rings (SSSR count). The van der Waals surface area contributed by atoms with Crippen molar-refractivity contribution in [3.63, 3.8) is 0 Å². The van der Waals surface area contributed by atoms with Gasteiger partial charge in [0, 0.05) is 19.6 Å². The van der Waals surface area contributed by atoms with E-state index in [9.17, 15) is 5.26 Å². The molecular formula is C15H15ClN4S.